The second-order valence-electron chi connectivity index (χ2n) is 7.77. The molecule has 1 atom stereocenters. The fourth-order valence-electron chi connectivity index (χ4n) is 4.37. The van der Waals surface area contributed by atoms with E-state index in [9.17, 15) is 9.59 Å². The van der Waals surface area contributed by atoms with Crippen LogP contribution in [0.15, 0.2) is 36.7 Å². The van der Waals surface area contributed by atoms with E-state index in [1.807, 2.05) is 35.2 Å². The summed E-state index contributed by atoms with van der Waals surface area (Å²) in [6.45, 7) is 4.02. The van der Waals surface area contributed by atoms with Gasteiger partial charge in [0, 0.05) is 31.7 Å². The predicted molar refractivity (Wildman–Crippen MR) is 106 cm³/mol. The van der Waals surface area contributed by atoms with Gasteiger partial charge in [0.2, 0.25) is 11.8 Å². The number of carbonyl (C=O) groups excluding carboxylic acids is 2. The third-order valence-corrected chi connectivity index (χ3v) is 5.89. The normalized spacial score (nSPS) is 19.1. The first-order valence-electron chi connectivity index (χ1n) is 9.97. The lowest BCUT2D eigenvalue weighted by Crippen LogP contribution is -2.57. The standard InChI is InChI=1S/C21H27N5O2/c1-15(25-18(27)13-16-5-3-2-4-6-16)20(28)26-11-8-21(9-12-26)19-17(7-10-24-21)22-14-23-19/h2-6,14-15,24H,7-13H2,1H3,(H,22,23)(H,25,27)/t15-/m0/s1. The number of nitrogens with one attached hydrogen (secondary N) is 3. The Morgan fingerprint density at radius 3 is 2.75 bits per heavy atom. The maximum atomic E-state index is 12.8. The Morgan fingerprint density at radius 1 is 1.25 bits per heavy atom. The second kappa shape index (κ2) is 7.75. The van der Waals surface area contributed by atoms with E-state index in [4.69, 9.17) is 0 Å². The van der Waals surface area contributed by atoms with Crippen molar-refractivity contribution in [1.29, 1.82) is 0 Å². The third-order valence-electron chi connectivity index (χ3n) is 5.89. The maximum Gasteiger partial charge on any atom is 0.244 e. The van der Waals surface area contributed by atoms with Gasteiger partial charge in [-0.25, -0.2) is 4.98 Å². The molecule has 4 rings (SSSR count). The van der Waals surface area contributed by atoms with Crippen LogP contribution in [0.2, 0.25) is 0 Å². The number of hydrogen-bond acceptors (Lipinski definition) is 4. The molecule has 1 saturated heterocycles. The molecule has 3 heterocycles. The summed E-state index contributed by atoms with van der Waals surface area (Å²) in [6.07, 6.45) is 4.68. The van der Waals surface area contributed by atoms with Gasteiger partial charge in [-0.2, -0.15) is 0 Å². The molecule has 148 valence electrons. The van der Waals surface area contributed by atoms with Gasteiger partial charge in [-0.05, 0) is 25.3 Å². The molecule has 3 N–H and O–H groups in total. The molecule has 2 aliphatic heterocycles. The van der Waals surface area contributed by atoms with Gasteiger partial charge in [-0.3, -0.25) is 9.59 Å². The number of rotatable bonds is 4. The topological polar surface area (TPSA) is 90.1 Å². The highest BCUT2D eigenvalue weighted by atomic mass is 16.2. The number of amides is 2. The molecule has 0 aliphatic carbocycles. The van der Waals surface area contributed by atoms with Gasteiger partial charge in [0.05, 0.1) is 24.0 Å². The van der Waals surface area contributed by atoms with Crippen LogP contribution >= 0.6 is 0 Å². The van der Waals surface area contributed by atoms with Gasteiger partial charge < -0.3 is 20.5 Å². The van der Waals surface area contributed by atoms with E-state index < -0.39 is 6.04 Å². The number of fused-ring (bicyclic) bond motifs is 2. The molecule has 1 aromatic carbocycles. The number of carbonyl (C=O) groups is 2. The minimum absolute atomic E-state index is 0.0191. The second-order valence-corrected chi connectivity index (χ2v) is 7.77. The van der Waals surface area contributed by atoms with Gasteiger partial charge >= 0.3 is 0 Å². The summed E-state index contributed by atoms with van der Waals surface area (Å²) in [4.78, 5) is 34.7. The number of aromatic nitrogens is 2. The van der Waals surface area contributed by atoms with E-state index in [2.05, 4.69) is 20.6 Å². The lowest BCUT2D eigenvalue weighted by atomic mass is 9.80. The molecule has 1 aromatic heterocycles. The number of benzene rings is 1. The van der Waals surface area contributed by atoms with Crippen LogP contribution in [-0.4, -0.2) is 52.4 Å². The molecule has 7 heteroatoms. The first-order chi connectivity index (χ1) is 13.6. The fraction of sp³-hybridized carbons (Fsp3) is 0.476. The summed E-state index contributed by atoms with van der Waals surface area (Å²) in [7, 11) is 0. The van der Waals surface area contributed by atoms with Gasteiger partial charge in [0.25, 0.3) is 0 Å². The Bertz CT molecular complexity index is 839. The first kappa shape index (κ1) is 18.7. The number of H-pyrrole nitrogens is 1. The quantitative estimate of drug-likeness (QED) is 0.740. The summed E-state index contributed by atoms with van der Waals surface area (Å²) in [5, 5.41) is 6.48. The Kier molecular flexibility index (Phi) is 5.17. The smallest absolute Gasteiger partial charge is 0.244 e. The van der Waals surface area contributed by atoms with Crippen molar-refractivity contribution < 1.29 is 9.59 Å². The highest BCUT2D eigenvalue weighted by molar-refractivity contribution is 5.88. The van der Waals surface area contributed by atoms with Crippen LogP contribution < -0.4 is 10.6 Å². The van der Waals surface area contributed by atoms with E-state index in [-0.39, 0.29) is 23.8 Å². The molecular weight excluding hydrogens is 354 g/mol. The van der Waals surface area contributed by atoms with Crippen LogP contribution in [0.25, 0.3) is 0 Å². The lowest BCUT2D eigenvalue weighted by Gasteiger charge is -2.44. The van der Waals surface area contributed by atoms with E-state index >= 15 is 0 Å². The van der Waals surface area contributed by atoms with Crippen LogP contribution in [0, 0.1) is 0 Å². The van der Waals surface area contributed by atoms with E-state index in [1.165, 1.54) is 5.69 Å². The van der Waals surface area contributed by atoms with Crippen molar-refractivity contribution in [3.63, 3.8) is 0 Å². The summed E-state index contributed by atoms with van der Waals surface area (Å²) >= 11 is 0. The average molecular weight is 381 g/mol. The molecule has 0 saturated carbocycles. The molecule has 7 nitrogen and oxygen atoms in total. The zero-order chi connectivity index (χ0) is 19.6. The zero-order valence-electron chi connectivity index (χ0n) is 16.2. The van der Waals surface area contributed by atoms with Crippen molar-refractivity contribution in [3.05, 3.63) is 53.6 Å². The molecular formula is C21H27N5O2. The van der Waals surface area contributed by atoms with Crippen LogP contribution in [0.4, 0.5) is 0 Å². The number of aromatic amines is 1. The van der Waals surface area contributed by atoms with Crippen molar-refractivity contribution in [2.75, 3.05) is 19.6 Å². The van der Waals surface area contributed by atoms with E-state index in [0.717, 1.165) is 37.1 Å². The number of imidazole rings is 1. The molecule has 1 spiro atoms. The van der Waals surface area contributed by atoms with E-state index in [0.29, 0.717) is 13.1 Å². The number of nitrogens with zero attached hydrogens (tertiary/aromatic N) is 2. The van der Waals surface area contributed by atoms with Crippen LogP contribution in [0.3, 0.4) is 0 Å². The van der Waals surface area contributed by atoms with Crippen LogP contribution in [0.5, 0.6) is 0 Å². The monoisotopic (exact) mass is 381 g/mol. The van der Waals surface area contributed by atoms with Crippen molar-refractivity contribution >= 4 is 11.8 Å². The average Bonchev–Trinajstić information content (AvgIpc) is 3.19. The maximum absolute atomic E-state index is 12.8. The Hall–Kier alpha value is -2.67. The highest BCUT2D eigenvalue weighted by Gasteiger charge is 2.42. The highest BCUT2D eigenvalue weighted by Crippen LogP contribution is 2.35. The third kappa shape index (κ3) is 3.67. The van der Waals surface area contributed by atoms with Gasteiger partial charge in [-0.1, -0.05) is 30.3 Å². The summed E-state index contributed by atoms with van der Waals surface area (Å²) in [6, 6.07) is 9.04. The molecule has 2 aliphatic rings. The van der Waals surface area contributed by atoms with Gasteiger partial charge in [0.15, 0.2) is 0 Å². The van der Waals surface area contributed by atoms with Crippen molar-refractivity contribution in [3.8, 4) is 0 Å². The Labute approximate surface area is 164 Å². The molecule has 2 amide bonds. The Balaban J connectivity index is 1.32. The molecule has 0 unspecified atom stereocenters. The zero-order valence-corrected chi connectivity index (χ0v) is 16.2. The predicted octanol–water partition coefficient (Wildman–Crippen LogP) is 1.12. The van der Waals surface area contributed by atoms with Gasteiger partial charge in [0.1, 0.15) is 6.04 Å². The van der Waals surface area contributed by atoms with Crippen molar-refractivity contribution in [2.45, 2.75) is 44.2 Å². The van der Waals surface area contributed by atoms with Gasteiger partial charge in [-0.15, -0.1) is 0 Å². The summed E-state index contributed by atoms with van der Waals surface area (Å²) < 4.78 is 0. The van der Waals surface area contributed by atoms with Crippen molar-refractivity contribution in [2.24, 2.45) is 0 Å². The molecule has 1 fully saturated rings. The molecule has 0 radical (unpaired) electrons. The fourth-order valence-corrected chi connectivity index (χ4v) is 4.37. The first-order valence-corrected chi connectivity index (χ1v) is 9.97. The van der Waals surface area contributed by atoms with Crippen molar-refractivity contribution in [1.82, 2.24) is 25.5 Å². The summed E-state index contributed by atoms with van der Waals surface area (Å²) in [5.74, 6) is -0.148. The molecule has 28 heavy (non-hydrogen) atoms. The Morgan fingerprint density at radius 2 is 2.00 bits per heavy atom. The van der Waals surface area contributed by atoms with Crippen LogP contribution in [-0.2, 0) is 28.0 Å². The number of hydrogen-bond donors (Lipinski definition) is 3. The molecule has 0 bridgehead atoms. The van der Waals surface area contributed by atoms with E-state index in [1.54, 1.807) is 13.3 Å². The minimum Gasteiger partial charge on any atom is -0.348 e. The lowest BCUT2D eigenvalue weighted by molar-refractivity contribution is -0.137. The summed E-state index contributed by atoms with van der Waals surface area (Å²) in [5.41, 5.74) is 3.12. The largest absolute Gasteiger partial charge is 0.348 e. The SMILES string of the molecule is C[C@H](NC(=O)Cc1ccccc1)C(=O)N1CCC2(CC1)NCCc1[nH]cnc12. The number of piperidine rings is 1. The molecule has 2 aromatic rings. The van der Waals surface area contributed by atoms with Crippen LogP contribution in [0.1, 0.15) is 36.7 Å². The minimum atomic E-state index is -0.523. The number of likely N-dealkylation sites (tertiary alicyclic amines) is 1.